The van der Waals surface area contributed by atoms with Crippen molar-refractivity contribution in [3.8, 4) is 0 Å². The molecular formula is C15H14F3N3O2S. The van der Waals surface area contributed by atoms with E-state index >= 15 is 0 Å². The van der Waals surface area contributed by atoms with Crippen LogP contribution in [0.5, 0.6) is 0 Å². The minimum Gasteiger partial charge on any atom is -0.379 e. The van der Waals surface area contributed by atoms with Gasteiger partial charge in [-0.25, -0.2) is 13.4 Å². The number of sulfone groups is 1. The fourth-order valence-corrected chi connectivity index (χ4v) is 3.61. The molecule has 128 valence electrons. The lowest BCUT2D eigenvalue weighted by molar-refractivity contribution is -0.141. The maximum atomic E-state index is 12.8. The minimum absolute atomic E-state index is 0.0996. The number of hydrogen-bond acceptors (Lipinski definition) is 5. The molecule has 1 aromatic heterocycles. The molecule has 1 aliphatic heterocycles. The summed E-state index contributed by atoms with van der Waals surface area (Å²) in [7, 11) is -3.40. The van der Waals surface area contributed by atoms with Crippen LogP contribution >= 0.6 is 0 Å². The fourth-order valence-electron chi connectivity index (χ4n) is 2.63. The van der Waals surface area contributed by atoms with Gasteiger partial charge in [0, 0.05) is 18.4 Å². The summed E-state index contributed by atoms with van der Waals surface area (Å²) in [5.41, 5.74) is 1.09. The van der Waals surface area contributed by atoms with Gasteiger partial charge in [-0.2, -0.15) is 13.2 Å². The van der Waals surface area contributed by atoms with Crippen molar-refractivity contribution in [3.63, 3.8) is 0 Å². The van der Waals surface area contributed by atoms with Gasteiger partial charge in [-0.3, -0.25) is 0 Å². The van der Waals surface area contributed by atoms with Gasteiger partial charge in [0.2, 0.25) is 0 Å². The van der Waals surface area contributed by atoms with Gasteiger partial charge in [-0.05, 0) is 30.7 Å². The van der Waals surface area contributed by atoms with Crippen LogP contribution in [0, 0.1) is 6.92 Å². The summed E-state index contributed by atoms with van der Waals surface area (Å²) in [6.45, 7) is 1.88. The smallest absolute Gasteiger partial charge is 0.379 e. The molecule has 0 saturated heterocycles. The summed E-state index contributed by atoms with van der Waals surface area (Å²) >= 11 is 0. The zero-order valence-electron chi connectivity index (χ0n) is 12.8. The molecule has 3 rings (SSSR count). The van der Waals surface area contributed by atoms with Crippen LogP contribution < -0.4 is 10.6 Å². The van der Waals surface area contributed by atoms with Gasteiger partial charge >= 0.3 is 6.18 Å². The molecule has 9 heteroatoms. The van der Waals surface area contributed by atoms with E-state index in [1.165, 1.54) is 18.2 Å². The van der Waals surface area contributed by atoms with Crippen molar-refractivity contribution in [3.05, 3.63) is 41.1 Å². The largest absolute Gasteiger partial charge is 0.433 e. The van der Waals surface area contributed by atoms with Crippen molar-refractivity contribution in [1.29, 1.82) is 0 Å². The van der Waals surface area contributed by atoms with Gasteiger partial charge in [-0.1, -0.05) is 6.07 Å². The van der Waals surface area contributed by atoms with E-state index in [0.717, 1.165) is 12.3 Å². The Bertz CT molecular complexity index is 924. The Kier molecular flexibility index (Phi) is 3.71. The number of fused-ring (bicyclic) bond motifs is 2. The summed E-state index contributed by atoms with van der Waals surface area (Å²) in [6.07, 6.45) is -3.42. The number of hydrogen-bond donors (Lipinski definition) is 2. The molecule has 1 aromatic carbocycles. The molecule has 24 heavy (non-hydrogen) atoms. The number of rotatable bonds is 1. The van der Waals surface area contributed by atoms with E-state index in [9.17, 15) is 21.6 Å². The second-order valence-electron chi connectivity index (χ2n) is 5.56. The second-order valence-corrected chi connectivity index (χ2v) is 7.55. The molecule has 0 aliphatic carbocycles. The predicted octanol–water partition coefficient (Wildman–Crippen LogP) is 3.48. The van der Waals surface area contributed by atoms with E-state index in [1.807, 2.05) is 0 Å². The Morgan fingerprint density at radius 1 is 1.17 bits per heavy atom. The Balaban J connectivity index is 2.10. The minimum atomic E-state index is -4.53. The Labute approximate surface area is 136 Å². The molecule has 1 aliphatic rings. The molecular weight excluding hydrogens is 343 g/mol. The van der Waals surface area contributed by atoms with Crippen molar-refractivity contribution in [2.45, 2.75) is 24.5 Å². The van der Waals surface area contributed by atoms with Gasteiger partial charge < -0.3 is 10.6 Å². The van der Waals surface area contributed by atoms with Crippen LogP contribution in [-0.2, 0) is 22.6 Å². The molecule has 0 unspecified atom stereocenters. The van der Waals surface area contributed by atoms with Crippen molar-refractivity contribution in [2.75, 3.05) is 16.9 Å². The molecule has 0 radical (unpaired) electrons. The Hall–Kier alpha value is -2.29. The molecule has 0 spiro atoms. The summed E-state index contributed by atoms with van der Waals surface area (Å²) in [5, 5.41) is 5.94. The van der Waals surface area contributed by atoms with E-state index < -0.39 is 21.7 Å². The van der Waals surface area contributed by atoms with Gasteiger partial charge in [0.1, 0.15) is 11.5 Å². The van der Waals surface area contributed by atoms with Gasteiger partial charge in [0.25, 0.3) is 0 Å². The highest BCUT2D eigenvalue weighted by Gasteiger charge is 2.33. The molecule has 5 nitrogen and oxygen atoms in total. The van der Waals surface area contributed by atoms with Crippen LogP contribution in [0.3, 0.4) is 0 Å². The first-order valence-electron chi connectivity index (χ1n) is 6.99. The molecule has 0 atom stereocenters. The van der Waals surface area contributed by atoms with Crippen molar-refractivity contribution in [1.82, 2.24) is 4.98 Å². The third-order valence-corrected chi connectivity index (χ3v) is 5.03. The number of benzene rings is 1. The van der Waals surface area contributed by atoms with Crippen molar-refractivity contribution < 1.29 is 21.6 Å². The Morgan fingerprint density at radius 2 is 1.88 bits per heavy atom. The average Bonchev–Trinajstić information content (AvgIpc) is 2.64. The number of aromatic nitrogens is 1. The quantitative estimate of drug-likeness (QED) is 0.818. The van der Waals surface area contributed by atoms with Crippen LogP contribution in [0.25, 0.3) is 0 Å². The summed E-state index contributed by atoms with van der Waals surface area (Å²) in [4.78, 5) is 3.82. The van der Waals surface area contributed by atoms with Crippen LogP contribution in [0.1, 0.15) is 16.8 Å². The molecule has 0 fully saturated rings. The third kappa shape index (κ3) is 2.91. The van der Waals surface area contributed by atoms with Crippen LogP contribution in [0.2, 0.25) is 0 Å². The first-order chi connectivity index (χ1) is 11.1. The SMILES string of the molecule is Cc1c(S(C)(=O)=O)ccc2c1NCc1ccc(C(F)(F)F)nc1N2. The number of nitrogens with zero attached hydrogens (tertiary/aromatic N) is 1. The van der Waals surface area contributed by atoms with Crippen LogP contribution in [0.15, 0.2) is 29.2 Å². The Morgan fingerprint density at radius 3 is 2.50 bits per heavy atom. The predicted molar refractivity (Wildman–Crippen MR) is 84.1 cm³/mol. The molecule has 0 saturated carbocycles. The maximum Gasteiger partial charge on any atom is 0.433 e. The molecule has 2 heterocycles. The van der Waals surface area contributed by atoms with Gasteiger partial charge in [0.15, 0.2) is 9.84 Å². The molecule has 0 bridgehead atoms. The average molecular weight is 357 g/mol. The zero-order chi connectivity index (χ0) is 17.7. The van der Waals surface area contributed by atoms with Gasteiger partial charge in [-0.15, -0.1) is 0 Å². The topological polar surface area (TPSA) is 71.1 Å². The van der Waals surface area contributed by atoms with Crippen LogP contribution in [0.4, 0.5) is 30.4 Å². The fraction of sp³-hybridized carbons (Fsp3) is 0.267. The van der Waals surface area contributed by atoms with E-state index in [-0.39, 0.29) is 17.3 Å². The number of pyridine rings is 1. The monoisotopic (exact) mass is 357 g/mol. The number of nitrogens with one attached hydrogen (secondary N) is 2. The van der Waals surface area contributed by atoms with E-state index in [2.05, 4.69) is 15.6 Å². The highest BCUT2D eigenvalue weighted by atomic mass is 32.2. The number of alkyl halides is 3. The highest BCUT2D eigenvalue weighted by Crippen LogP contribution is 2.37. The molecule has 0 amide bonds. The summed E-state index contributed by atoms with van der Waals surface area (Å²) in [6, 6.07) is 5.22. The standard InChI is InChI=1S/C15H14F3N3O2S/c1-8-11(24(2,22)23)5-4-10-13(8)19-7-9-3-6-12(15(16,17)18)21-14(9)20-10/h3-6,19H,7H2,1-2H3,(H,20,21). The molecule has 2 N–H and O–H groups in total. The summed E-state index contributed by atoms with van der Waals surface area (Å²) in [5.74, 6) is 0.0996. The third-order valence-electron chi connectivity index (χ3n) is 3.79. The van der Waals surface area contributed by atoms with E-state index in [0.29, 0.717) is 22.5 Å². The second kappa shape index (κ2) is 5.37. The first kappa shape index (κ1) is 16.6. The lowest BCUT2D eigenvalue weighted by Crippen LogP contribution is -2.10. The van der Waals surface area contributed by atoms with Crippen LogP contribution in [-0.4, -0.2) is 19.7 Å². The molecule has 2 aromatic rings. The van der Waals surface area contributed by atoms with Crippen molar-refractivity contribution >= 4 is 27.0 Å². The zero-order valence-corrected chi connectivity index (χ0v) is 13.6. The number of anilines is 3. The van der Waals surface area contributed by atoms with Crippen molar-refractivity contribution in [2.24, 2.45) is 0 Å². The normalized spacial score (nSPS) is 14.0. The van der Waals surface area contributed by atoms with E-state index in [1.54, 1.807) is 6.92 Å². The summed E-state index contributed by atoms with van der Waals surface area (Å²) < 4.78 is 62.1. The number of halogens is 3. The van der Waals surface area contributed by atoms with Gasteiger partial charge in [0.05, 0.1) is 16.3 Å². The first-order valence-corrected chi connectivity index (χ1v) is 8.88. The lowest BCUT2D eigenvalue weighted by Gasteiger charge is -2.14. The maximum absolute atomic E-state index is 12.8. The highest BCUT2D eigenvalue weighted by molar-refractivity contribution is 7.90. The van der Waals surface area contributed by atoms with E-state index in [4.69, 9.17) is 0 Å². The lowest BCUT2D eigenvalue weighted by atomic mass is 10.1.